The van der Waals surface area contributed by atoms with Gasteiger partial charge in [0.2, 0.25) is 0 Å². The smallest absolute Gasteiger partial charge is 0.328 e. The van der Waals surface area contributed by atoms with E-state index in [1.807, 2.05) is 30.3 Å². The quantitative estimate of drug-likeness (QED) is 0.656. The minimum absolute atomic E-state index is 0. The van der Waals surface area contributed by atoms with Crippen molar-refractivity contribution in [3.63, 3.8) is 0 Å². The monoisotopic (exact) mass is 306 g/mol. The van der Waals surface area contributed by atoms with Crippen LogP contribution in [0.4, 0.5) is 0 Å². The molecule has 0 saturated heterocycles. The van der Waals surface area contributed by atoms with Crippen molar-refractivity contribution < 1.29 is 16.8 Å². The summed E-state index contributed by atoms with van der Waals surface area (Å²) in [5.41, 5.74) is 3.05. The number of furan rings is 1. The van der Waals surface area contributed by atoms with Gasteiger partial charge in [-0.25, -0.2) is 4.79 Å². The zero-order chi connectivity index (χ0) is 14.1. The largest absolute Gasteiger partial charge is 1.00 e. The number of benzene rings is 1. The first kappa shape index (κ1) is 15.4. The van der Waals surface area contributed by atoms with E-state index < -0.39 is 0 Å². The molecule has 1 aromatic carbocycles. The topological polar surface area (TPSA) is 52.1 Å². The Morgan fingerprint density at radius 1 is 1.10 bits per heavy atom. The molecular weight excluding hydrogens is 290 g/mol. The lowest BCUT2D eigenvalue weighted by molar-refractivity contribution is -0.00000475. The van der Waals surface area contributed by atoms with Gasteiger partial charge >= 0.3 is 5.69 Å². The van der Waals surface area contributed by atoms with Crippen LogP contribution in [-0.4, -0.2) is 9.13 Å². The molecule has 0 fully saturated rings. The average Bonchev–Trinajstić information content (AvgIpc) is 3.04. The van der Waals surface area contributed by atoms with Crippen LogP contribution >= 0.6 is 0 Å². The van der Waals surface area contributed by atoms with E-state index >= 15 is 0 Å². The van der Waals surface area contributed by atoms with Crippen molar-refractivity contribution in [1.82, 2.24) is 14.5 Å². The van der Waals surface area contributed by atoms with Crippen molar-refractivity contribution in [2.24, 2.45) is 14.1 Å². The Kier molecular flexibility index (Phi) is 4.55. The summed E-state index contributed by atoms with van der Waals surface area (Å²) in [4.78, 5) is 11.9. The average molecular weight is 307 g/mol. The number of hydrogen-bond donors (Lipinski definition) is 1. The first-order valence-corrected chi connectivity index (χ1v) is 6.54. The second-order valence-electron chi connectivity index (χ2n) is 4.91. The fourth-order valence-corrected chi connectivity index (χ4v) is 2.41. The number of imidazole rings is 1. The van der Waals surface area contributed by atoms with Gasteiger partial charge in [-0.15, -0.1) is 0 Å². The van der Waals surface area contributed by atoms with Crippen LogP contribution in [0.3, 0.4) is 0 Å². The van der Waals surface area contributed by atoms with Crippen molar-refractivity contribution in [1.29, 1.82) is 0 Å². The van der Waals surface area contributed by atoms with Crippen LogP contribution in [0.15, 0.2) is 45.8 Å². The summed E-state index contributed by atoms with van der Waals surface area (Å²) in [6.07, 6.45) is 1.67. The van der Waals surface area contributed by atoms with Gasteiger partial charge in [0.1, 0.15) is 5.76 Å². The van der Waals surface area contributed by atoms with Crippen LogP contribution in [0.25, 0.3) is 11.0 Å². The third-order valence-corrected chi connectivity index (χ3v) is 3.54. The lowest BCUT2D eigenvalue weighted by atomic mass is 10.2. The fraction of sp³-hybridized carbons (Fsp3) is 0.267. The number of aryl methyl sites for hydroxylation is 2. The standard InChI is InChI=1S/C15H17N3O2.ClH/c1-17-13-6-5-11(8-14(13)18(2)15(17)19)9-16-10-12-4-3-7-20-12;/h3-8,16H,9-10H2,1-2H3;1H/p-1. The molecule has 0 amide bonds. The van der Waals surface area contributed by atoms with Crippen molar-refractivity contribution in [3.05, 3.63) is 58.4 Å². The van der Waals surface area contributed by atoms with E-state index in [1.165, 1.54) is 0 Å². The number of fused-ring (bicyclic) bond motifs is 1. The van der Waals surface area contributed by atoms with Crippen LogP contribution < -0.4 is 23.4 Å². The predicted molar refractivity (Wildman–Crippen MR) is 77.4 cm³/mol. The summed E-state index contributed by atoms with van der Waals surface area (Å²) in [5.74, 6) is 0.915. The van der Waals surface area contributed by atoms with Crippen LogP contribution in [0.5, 0.6) is 0 Å². The third-order valence-electron chi connectivity index (χ3n) is 3.54. The van der Waals surface area contributed by atoms with E-state index in [1.54, 1.807) is 29.5 Å². The Morgan fingerprint density at radius 3 is 2.57 bits per heavy atom. The van der Waals surface area contributed by atoms with Crippen LogP contribution in [-0.2, 0) is 27.2 Å². The van der Waals surface area contributed by atoms with Crippen LogP contribution in [0, 0.1) is 0 Å². The minimum Gasteiger partial charge on any atom is -1.00 e. The molecule has 0 bridgehead atoms. The highest BCUT2D eigenvalue weighted by atomic mass is 35.5. The number of nitrogens with zero attached hydrogens (tertiary/aromatic N) is 2. The fourth-order valence-electron chi connectivity index (χ4n) is 2.41. The normalized spacial score (nSPS) is 10.8. The number of nitrogens with one attached hydrogen (secondary N) is 1. The van der Waals surface area contributed by atoms with Gasteiger partial charge in [0.05, 0.1) is 23.8 Å². The summed E-state index contributed by atoms with van der Waals surface area (Å²) in [6, 6.07) is 9.89. The van der Waals surface area contributed by atoms with Crippen molar-refractivity contribution >= 4 is 11.0 Å². The molecule has 21 heavy (non-hydrogen) atoms. The highest BCUT2D eigenvalue weighted by molar-refractivity contribution is 5.76. The number of halogens is 1. The second kappa shape index (κ2) is 6.20. The Hall–Kier alpha value is -1.98. The molecule has 0 radical (unpaired) electrons. The molecule has 0 aliphatic carbocycles. The van der Waals surface area contributed by atoms with Gasteiger partial charge in [-0.05, 0) is 29.8 Å². The summed E-state index contributed by atoms with van der Waals surface area (Å²) in [6.45, 7) is 1.43. The van der Waals surface area contributed by atoms with Gasteiger partial charge in [-0.1, -0.05) is 6.07 Å². The summed E-state index contributed by atoms with van der Waals surface area (Å²) >= 11 is 0. The zero-order valence-corrected chi connectivity index (χ0v) is 12.7. The van der Waals surface area contributed by atoms with Crippen molar-refractivity contribution in [2.45, 2.75) is 13.1 Å². The molecule has 3 aromatic rings. The molecule has 2 aromatic heterocycles. The van der Waals surface area contributed by atoms with Crippen LogP contribution in [0.2, 0.25) is 0 Å². The lowest BCUT2D eigenvalue weighted by Gasteiger charge is -2.04. The summed E-state index contributed by atoms with van der Waals surface area (Å²) < 4.78 is 8.60. The molecule has 3 rings (SSSR count). The maximum Gasteiger partial charge on any atom is 0.328 e. The molecule has 0 unspecified atom stereocenters. The van der Waals surface area contributed by atoms with E-state index in [9.17, 15) is 4.79 Å². The number of aromatic nitrogens is 2. The Bertz CT molecular complexity index is 787. The van der Waals surface area contributed by atoms with E-state index in [-0.39, 0.29) is 18.1 Å². The van der Waals surface area contributed by atoms with E-state index in [0.717, 1.165) is 28.9 Å². The Balaban J connectivity index is 0.00000161. The minimum atomic E-state index is 0. The van der Waals surface area contributed by atoms with Gasteiger partial charge in [0.15, 0.2) is 0 Å². The van der Waals surface area contributed by atoms with Gasteiger partial charge in [-0.2, -0.15) is 0 Å². The van der Waals surface area contributed by atoms with Gasteiger partial charge in [-0.3, -0.25) is 9.13 Å². The van der Waals surface area contributed by atoms with Crippen molar-refractivity contribution in [2.75, 3.05) is 0 Å². The molecule has 112 valence electrons. The van der Waals surface area contributed by atoms with Gasteiger partial charge in [0, 0.05) is 20.6 Å². The maximum atomic E-state index is 11.9. The number of rotatable bonds is 4. The molecule has 5 nitrogen and oxygen atoms in total. The highest BCUT2D eigenvalue weighted by Crippen LogP contribution is 2.14. The molecule has 0 atom stereocenters. The molecule has 1 N–H and O–H groups in total. The Morgan fingerprint density at radius 2 is 1.86 bits per heavy atom. The maximum absolute atomic E-state index is 11.9. The number of hydrogen-bond acceptors (Lipinski definition) is 3. The van der Waals surface area contributed by atoms with E-state index in [0.29, 0.717) is 6.54 Å². The molecular formula is C15H17ClN3O2-. The van der Waals surface area contributed by atoms with Gasteiger partial charge in [0.25, 0.3) is 0 Å². The summed E-state index contributed by atoms with van der Waals surface area (Å²) in [7, 11) is 3.59. The molecule has 0 aliphatic rings. The highest BCUT2D eigenvalue weighted by Gasteiger charge is 2.07. The third kappa shape index (κ3) is 2.89. The van der Waals surface area contributed by atoms with Crippen LogP contribution in [0.1, 0.15) is 11.3 Å². The first-order valence-electron chi connectivity index (χ1n) is 6.54. The molecule has 0 spiro atoms. The van der Waals surface area contributed by atoms with E-state index in [4.69, 9.17) is 4.42 Å². The van der Waals surface area contributed by atoms with Crippen molar-refractivity contribution in [3.8, 4) is 0 Å². The van der Waals surface area contributed by atoms with E-state index in [2.05, 4.69) is 5.32 Å². The lowest BCUT2D eigenvalue weighted by Crippen LogP contribution is -3.00. The zero-order valence-electron chi connectivity index (χ0n) is 12.0. The predicted octanol–water partition coefficient (Wildman–Crippen LogP) is -1.24. The second-order valence-corrected chi connectivity index (χ2v) is 4.91. The molecule has 6 heteroatoms. The molecule has 2 heterocycles. The first-order chi connectivity index (χ1) is 9.66. The SMILES string of the molecule is Cn1c(=O)n(C)c2cc(CNCc3ccco3)ccc21.[Cl-]. The molecule has 0 aliphatic heterocycles. The molecule has 0 saturated carbocycles. The summed E-state index contributed by atoms with van der Waals surface area (Å²) in [5, 5.41) is 3.32. The van der Waals surface area contributed by atoms with Gasteiger partial charge < -0.3 is 22.1 Å². The Labute approximate surface area is 128 Å².